The molecule has 0 aromatic rings. The van der Waals surface area contributed by atoms with Gasteiger partial charge in [0.05, 0.1) is 46.3 Å². The molecule has 18 heteroatoms. The average Bonchev–Trinajstić information content (AvgIpc) is 3.62. The van der Waals surface area contributed by atoms with Crippen molar-refractivity contribution >= 4 is 23.9 Å². The van der Waals surface area contributed by atoms with Gasteiger partial charge in [0, 0.05) is 22.7 Å². The molecular formula is C47H77F5O13. The molecule has 0 amide bonds. The van der Waals surface area contributed by atoms with Crippen molar-refractivity contribution < 1.29 is 85.2 Å². The summed E-state index contributed by atoms with van der Waals surface area (Å²) in [4.78, 5) is 47.7. The van der Waals surface area contributed by atoms with Gasteiger partial charge < -0.3 is 44.1 Å². The van der Waals surface area contributed by atoms with Crippen molar-refractivity contribution in [3.05, 3.63) is 0 Å². The Hall–Kier alpha value is -2.67. The second-order valence-corrected chi connectivity index (χ2v) is 23.3. The Labute approximate surface area is 381 Å². The summed E-state index contributed by atoms with van der Waals surface area (Å²) in [6, 6.07) is 0. The maximum atomic E-state index is 14.0. The second-order valence-electron chi connectivity index (χ2n) is 23.3. The van der Waals surface area contributed by atoms with E-state index in [4.69, 9.17) is 14.2 Å². The molecule has 378 valence electrons. The lowest BCUT2D eigenvalue weighted by molar-refractivity contribution is -0.409. The van der Waals surface area contributed by atoms with E-state index in [0.29, 0.717) is 71.3 Å². The number of ether oxygens (including phenoxy) is 5. The van der Waals surface area contributed by atoms with Gasteiger partial charge in [-0.05, 0) is 148 Å². The molecule has 2 saturated heterocycles. The van der Waals surface area contributed by atoms with Crippen molar-refractivity contribution in [1.29, 1.82) is 0 Å². The third-order valence-corrected chi connectivity index (χ3v) is 16.0. The lowest BCUT2D eigenvalue weighted by atomic mass is 9.32. The zero-order valence-corrected chi connectivity index (χ0v) is 41.4. The topological polar surface area (TPSA) is 195 Å². The summed E-state index contributed by atoms with van der Waals surface area (Å²) in [7, 11) is 0. The number of hydrogen-bond donors (Lipinski definition) is 4. The Morgan fingerprint density at radius 3 is 1.29 bits per heavy atom. The lowest BCUT2D eigenvalue weighted by Gasteiger charge is -2.75. The van der Waals surface area contributed by atoms with Gasteiger partial charge >= 0.3 is 41.8 Å². The normalized spacial score (nSPS) is 33.6. The smallest absolute Gasteiger partial charge is 0.449 e. The molecule has 13 nitrogen and oxygen atoms in total. The number of esters is 4. The van der Waals surface area contributed by atoms with E-state index in [2.05, 4.69) is 9.47 Å². The van der Waals surface area contributed by atoms with Crippen LogP contribution in [0.3, 0.4) is 0 Å². The molecule has 6 aliphatic rings. The third-order valence-electron chi connectivity index (χ3n) is 16.0. The molecule has 65 heavy (non-hydrogen) atoms. The first-order valence-electron chi connectivity index (χ1n) is 22.6. The molecule has 6 fully saturated rings. The zero-order valence-electron chi connectivity index (χ0n) is 41.4. The van der Waals surface area contributed by atoms with Gasteiger partial charge in [0.15, 0.2) is 0 Å². The summed E-state index contributed by atoms with van der Waals surface area (Å²) in [6.45, 7) is 26.4. The molecular weight excluding hydrogens is 867 g/mol. The lowest BCUT2D eigenvalue weighted by Crippen LogP contribution is -2.75. The Bertz CT molecular complexity index is 1700. The number of rotatable bonds is 12. The van der Waals surface area contributed by atoms with E-state index >= 15 is 0 Å². The number of alkyl halides is 5. The molecule has 4 N–H and O–H groups in total. The van der Waals surface area contributed by atoms with E-state index < -0.39 is 103 Å². The van der Waals surface area contributed by atoms with Gasteiger partial charge in [0.1, 0.15) is 5.60 Å². The summed E-state index contributed by atoms with van der Waals surface area (Å²) in [5.74, 6) is -11.6. The number of cyclic esters (lactones) is 1. The summed E-state index contributed by atoms with van der Waals surface area (Å²) < 4.78 is 90.5. The van der Waals surface area contributed by atoms with Gasteiger partial charge in [-0.25, -0.2) is 4.79 Å². The fourth-order valence-corrected chi connectivity index (χ4v) is 9.72. The van der Waals surface area contributed by atoms with E-state index in [0.717, 1.165) is 0 Å². The molecule has 0 aromatic carbocycles. The SMILES string of the molecule is CCC(C)(C)C(=O)OC1(C)COC(O)(C(F)(F)F)C1(F)F.CCC(C)(C)C(=O)OC12CC3(C(C)(C)O)CC(C(C)(C)O)(C1)CC(C(C)(C)O)(C2)C3.CCC(C)(C)C(=O)OC1CCOC1=O. The van der Waals surface area contributed by atoms with Crippen LogP contribution in [0.1, 0.15) is 175 Å². The van der Waals surface area contributed by atoms with Gasteiger partial charge in [0.2, 0.25) is 11.7 Å². The van der Waals surface area contributed by atoms with Crippen LogP contribution >= 0.6 is 0 Å². The number of carbonyl (C=O) groups is 4. The van der Waals surface area contributed by atoms with Crippen molar-refractivity contribution in [1.82, 2.24) is 0 Å². The minimum absolute atomic E-state index is 0.227. The number of hydrogen-bond acceptors (Lipinski definition) is 13. The van der Waals surface area contributed by atoms with Gasteiger partial charge in [-0.3, -0.25) is 14.4 Å². The number of carbonyl (C=O) groups excluding carboxylic acids is 4. The van der Waals surface area contributed by atoms with Crippen LogP contribution in [0.15, 0.2) is 0 Å². The molecule has 4 aliphatic carbocycles. The van der Waals surface area contributed by atoms with Crippen LogP contribution < -0.4 is 0 Å². The summed E-state index contributed by atoms with van der Waals surface area (Å²) in [6.07, 6.45) is -0.625. The quantitative estimate of drug-likeness (QED) is 0.0830. The van der Waals surface area contributed by atoms with E-state index in [1.54, 1.807) is 20.8 Å². The van der Waals surface area contributed by atoms with Gasteiger partial charge in [-0.1, -0.05) is 20.8 Å². The van der Waals surface area contributed by atoms with Crippen molar-refractivity contribution in [3.63, 3.8) is 0 Å². The summed E-state index contributed by atoms with van der Waals surface area (Å²) in [5, 5.41) is 43.4. The Morgan fingerprint density at radius 1 is 0.646 bits per heavy atom. The van der Waals surface area contributed by atoms with E-state index in [-0.39, 0.29) is 18.4 Å². The minimum atomic E-state index is -5.74. The molecule has 4 saturated carbocycles. The van der Waals surface area contributed by atoms with Gasteiger partial charge in [-0.2, -0.15) is 22.0 Å². The molecule has 0 spiro atoms. The fraction of sp³-hybridized carbons (Fsp3) is 0.915. The van der Waals surface area contributed by atoms with Crippen LogP contribution in [0.25, 0.3) is 0 Å². The fourth-order valence-electron chi connectivity index (χ4n) is 9.72. The summed E-state index contributed by atoms with van der Waals surface area (Å²) >= 11 is 0. The molecule has 3 unspecified atom stereocenters. The highest BCUT2D eigenvalue weighted by Gasteiger charge is 2.83. The van der Waals surface area contributed by atoms with Crippen LogP contribution in [-0.2, 0) is 42.9 Å². The molecule has 2 aliphatic heterocycles. The van der Waals surface area contributed by atoms with Crippen molar-refractivity contribution in [3.8, 4) is 0 Å². The molecule has 6 rings (SSSR count). The molecule has 3 atom stereocenters. The van der Waals surface area contributed by atoms with Crippen LogP contribution in [0, 0.1) is 32.5 Å². The highest BCUT2D eigenvalue weighted by Crippen LogP contribution is 2.78. The Balaban J connectivity index is 0.000000279. The molecule has 2 heterocycles. The van der Waals surface area contributed by atoms with Crippen LogP contribution in [0.2, 0.25) is 0 Å². The zero-order chi connectivity index (χ0) is 50.9. The number of halogens is 5. The standard InChI is InChI=1S/C25H44O5.C12H17F5O4.C10H16O4/c1-10-18(2,3)17(26)30-25-14-22(19(4,5)27)11-23(15-25,20(6,7)28)13-24(12-22,16-25)21(8,9)29;1-5-8(2,3)7(18)21-9(4)6-20-11(19,10(9,13)14)12(15,16)17;1-4-10(2,3)9(12)14-7-5-6-13-8(7)11/h27-29H,10-16H2,1-9H3;19H,5-6H2,1-4H3;7H,4-6H2,1-3H3. The van der Waals surface area contributed by atoms with E-state index in [1.807, 2.05) is 69.2 Å². The van der Waals surface area contributed by atoms with Crippen LogP contribution in [0.5, 0.6) is 0 Å². The highest BCUT2D eigenvalue weighted by atomic mass is 19.4. The average molecular weight is 945 g/mol. The maximum absolute atomic E-state index is 14.0. The largest absolute Gasteiger partial charge is 0.463 e. The monoisotopic (exact) mass is 945 g/mol. The van der Waals surface area contributed by atoms with E-state index in [1.165, 1.54) is 13.8 Å². The highest BCUT2D eigenvalue weighted by molar-refractivity contribution is 5.82. The Kier molecular flexibility index (Phi) is 15.1. The van der Waals surface area contributed by atoms with Gasteiger partial charge in [-0.15, -0.1) is 0 Å². The molecule has 4 bridgehead atoms. The summed E-state index contributed by atoms with van der Waals surface area (Å²) in [5.41, 5.74) is -10.7. The second kappa shape index (κ2) is 17.4. The Morgan fingerprint density at radius 2 is 1.00 bits per heavy atom. The van der Waals surface area contributed by atoms with Crippen molar-refractivity contribution in [2.75, 3.05) is 13.2 Å². The van der Waals surface area contributed by atoms with Crippen LogP contribution in [0.4, 0.5) is 22.0 Å². The predicted octanol–water partition coefficient (Wildman–Crippen LogP) is 8.28. The first-order chi connectivity index (χ1) is 28.8. The first kappa shape index (κ1) is 56.7. The van der Waals surface area contributed by atoms with E-state index in [9.17, 15) is 61.6 Å². The van der Waals surface area contributed by atoms with Crippen molar-refractivity contribution in [2.24, 2.45) is 32.5 Å². The van der Waals surface area contributed by atoms with Crippen LogP contribution in [-0.4, -0.2) is 110 Å². The maximum Gasteiger partial charge on any atom is 0.449 e. The van der Waals surface area contributed by atoms with Gasteiger partial charge in [0.25, 0.3) is 0 Å². The molecule has 0 aromatic heterocycles. The number of aliphatic hydroxyl groups is 4. The third kappa shape index (κ3) is 10.2. The van der Waals surface area contributed by atoms with Crippen molar-refractivity contribution in [2.45, 2.75) is 227 Å². The predicted molar refractivity (Wildman–Crippen MR) is 227 cm³/mol. The molecule has 0 radical (unpaired) electrons. The first-order valence-corrected chi connectivity index (χ1v) is 22.6. The minimum Gasteiger partial charge on any atom is -0.463 e.